The first kappa shape index (κ1) is 13.5. The predicted molar refractivity (Wildman–Crippen MR) is 74.4 cm³/mol. The maximum absolute atomic E-state index is 4.73. The van der Waals surface area contributed by atoms with Crippen LogP contribution in [0.15, 0.2) is 12.3 Å². The molecule has 1 saturated carbocycles. The van der Waals surface area contributed by atoms with Crippen molar-refractivity contribution in [1.29, 1.82) is 0 Å². The molecular weight excluding hydrogens is 222 g/mol. The maximum Gasteiger partial charge on any atom is 0.131 e. The minimum absolute atomic E-state index is 0.588. The Kier molecular flexibility index (Phi) is 5.12. The first-order valence-corrected chi connectivity index (χ1v) is 7.36. The van der Waals surface area contributed by atoms with Crippen molar-refractivity contribution in [3.05, 3.63) is 23.8 Å². The zero-order valence-electron chi connectivity index (χ0n) is 11.7. The van der Waals surface area contributed by atoms with Crippen molar-refractivity contribution in [2.24, 2.45) is 5.92 Å². The average molecular weight is 247 g/mol. The maximum atomic E-state index is 4.73. The van der Waals surface area contributed by atoms with Gasteiger partial charge in [-0.1, -0.05) is 33.1 Å². The zero-order chi connectivity index (χ0) is 12.8. The Hall–Kier alpha value is -0.960. The third kappa shape index (κ3) is 3.52. The van der Waals surface area contributed by atoms with Crippen LogP contribution in [0.1, 0.15) is 63.4 Å². The molecule has 2 rings (SSSR count). The van der Waals surface area contributed by atoms with Crippen LogP contribution in [-0.2, 0) is 6.54 Å². The van der Waals surface area contributed by atoms with E-state index < -0.39 is 0 Å². The molecule has 3 heteroatoms. The fourth-order valence-electron chi connectivity index (χ4n) is 2.86. The molecule has 1 fully saturated rings. The van der Waals surface area contributed by atoms with Gasteiger partial charge in [-0.05, 0) is 31.4 Å². The average Bonchev–Trinajstić information content (AvgIpc) is 2.45. The molecule has 1 aliphatic rings. The molecule has 1 aromatic rings. The van der Waals surface area contributed by atoms with Crippen LogP contribution in [0.4, 0.5) is 0 Å². The summed E-state index contributed by atoms with van der Waals surface area (Å²) < 4.78 is 0. The second kappa shape index (κ2) is 6.83. The van der Waals surface area contributed by atoms with Gasteiger partial charge in [0.2, 0.25) is 0 Å². The topological polar surface area (TPSA) is 37.8 Å². The Morgan fingerprint density at radius 3 is 3.00 bits per heavy atom. The van der Waals surface area contributed by atoms with Gasteiger partial charge in [-0.25, -0.2) is 9.97 Å². The minimum atomic E-state index is 0.588. The summed E-state index contributed by atoms with van der Waals surface area (Å²) in [4.78, 5) is 9.23. The molecule has 0 saturated heterocycles. The van der Waals surface area contributed by atoms with Crippen molar-refractivity contribution >= 4 is 0 Å². The Morgan fingerprint density at radius 2 is 2.22 bits per heavy atom. The van der Waals surface area contributed by atoms with E-state index in [0.717, 1.165) is 30.5 Å². The molecule has 1 aromatic heterocycles. The van der Waals surface area contributed by atoms with Crippen LogP contribution < -0.4 is 5.32 Å². The third-order valence-corrected chi connectivity index (χ3v) is 4.01. The number of hydrogen-bond acceptors (Lipinski definition) is 3. The van der Waals surface area contributed by atoms with Crippen molar-refractivity contribution in [2.75, 3.05) is 6.54 Å². The van der Waals surface area contributed by atoms with E-state index in [1.54, 1.807) is 0 Å². The largest absolute Gasteiger partial charge is 0.311 e. The van der Waals surface area contributed by atoms with Crippen molar-refractivity contribution in [1.82, 2.24) is 15.3 Å². The summed E-state index contributed by atoms with van der Waals surface area (Å²) in [5.74, 6) is 2.54. The monoisotopic (exact) mass is 247 g/mol. The van der Waals surface area contributed by atoms with Crippen LogP contribution in [0.25, 0.3) is 0 Å². The molecule has 2 atom stereocenters. The zero-order valence-corrected chi connectivity index (χ0v) is 11.7. The van der Waals surface area contributed by atoms with Gasteiger partial charge in [0.15, 0.2) is 0 Å². The highest BCUT2D eigenvalue weighted by Crippen LogP contribution is 2.35. The SMILES string of the molecule is CCNCc1ccnc(C2CCCC(CC)C2)n1. The Labute approximate surface area is 110 Å². The number of nitrogens with one attached hydrogen (secondary N) is 1. The Balaban J connectivity index is 2.02. The first-order valence-electron chi connectivity index (χ1n) is 7.36. The van der Waals surface area contributed by atoms with Gasteiger partial charge in [0, 0.05) is 18.7 Å². The minimum Gasteiger partial charge on any atom is -0.311 e. The summed E-state index contributed by atoms with van der Waals surface area (Å²) in [5, 5.41) is 3.32. The lowest BCUT2D eigenvalue weighted by Gasteiger charge is -2.27. The second-order valence-corrected chi connectivity index (χ2v) is 5.32. The van der Waals surface area contributed by atoms with Crippen LogP contribution in [0, 0.1) is 5.92 Å². The molecule has 1 heterocycles. The highest BCUT2D eigenvalue weighted by Gasteiger charge is 2.24. The molecule has 0 aromatic carbocycles. The van der Waals surface area contributed by atoms with Crippen molar-refractivity contribution in [3.63, 3.8) is 0 Å². The van der Waals surface area contributed by atoms with Gasteiger partial charge < -0.3 is 5.32 Å². The summed E-state index contributed by atoms with van der Waals surface area (Å²) in [7, 11) is 0. The molecule has 1 N–H and O–H groups in total. The van der Waals surface area contributed by atoms with E-state index in [0.29, 0.717) is 5.92 Å². The standard InChI is InChI=1S/C15H25N3/c1-3-12-6-5-7-13(10-12)15-17-9-8-14(18-15)11-16-4-2/h8-9,12-13,16H,3-7,10-11H2,1-2H3. The van der Waals surface area contributed by atoms with Gasteiger partial charge in [0.1, 0.15) is 5.82 Å². The van der Waals surface area contributed by atoms with E-state index in [1.807, 2.05) is 12.3 Å². The highest BCUT2D eigenvalue weighted by atomic mass is 14.9. The number of hydrogen-bond donors (Lipinski definition) is 1. The van der Waals surface area contributed by atoms with E-state index in [2.05, 4.69) is 24.1 Å². The predicted octanol–water partition coefficient (Wildman–Crippen LogP) is 3.27. The second-order valence-electron chi connectivity index (χ2n) is 5.32. The molecule has 3 nitrogen and oxygen atoms in total. The van der Waals surface area contributed by atoms with Crippen molar-refractivity contribution < 1.29 is 0 Å². The number of rotatable bonds is 5. The van der Waals surface area contributed by atoms with Crippen LogP contribution in [-0.4, -0.2) is 16.5 Å². The van der Waals surface area contributed by atoms with Crippen LogP contribution >= 0.6 is 0 Å². The van der Waals surface area contributed by atoms with E-state index >= 15 is 0 Å². The lowest BCUT2D eigenvalue weighted by Crippen LogP contribution is -2.18. The van der Waals surface area contributed by atoms with Gasteiger partial charge in [0.25, 0.3) is 0 Å². The van der Waals surface area contributed by atoms with Gasteiger partial charge in [-0.3, -0.25) is 0 Å². The number of nitrogens with zero attached hydrogens (tertiary/aromatic N) is 2. The molecule has 0 bridgehead atoms. The van der Waals surface area contributed by atoms with Crippen LogP contribution in [0.3, 0.4) is 0 Å². The molecule has 0 radical (unpaired) electrons. The molecule has 0 spiro atoms. The fourth-order valence-corrected chi connectivity index (χ4v) is 2.86. The van der Waals surface area contributed by atoms with E-state index in [4.69, 9.17) is 4.98 Å². The summed E-state index contributed by atoms with van der Waals surface area (Å²) in [6.45, 7) is 6.27. The van der Waals surface area contributed by atoms with Crippen LogP contribution in [0.2, 0.25) is 0 Å². The summed E-state index contributed by atoms with van der Waals surface area (Å²) >= 11 is 0. The molecule has 0 amide bonds. The van der Waals surface area contributed by atoms with Gasteiger partial charge in [0.05, 0.1) is 5.69 Å². The van der Waals surface area contributed by atoms with Gasteiger partial charge in [-0.2, -0.15) is 0 Å². The lowest BCUT2D eigenvalue weighted by atomic mass is 9.80. The normalized spacial score (nSPS) is 24.1. The third-order valence-electron chi connectivity index (χ3n) is 4.01. The molecule has 18 heavy (non-hydrogen) atoms. The van der Waals surface area contributed by atoms with E-state index in [9.17, 15) is 0 Å². The van der Waals surface area contributed by atoms with Crippen molar-refractivity contribution in [2.45, 2.75) is 58.4 Å². The summed E-state index contributed by atoms with van der Waals surface area (Å²) in [6.07, 6.45) is 8.49. The molecule has 2 unspecified atom stereocenters. The smallest absolute Gasteiger partial charge is 0.131 e. The molecular formula is C15H25N3. The first-order chi connectivity index (χ1) is 8.83. The quantitative estimate of drug-likeness (QED) is 0.867. The van der Waals surface area contributed by atoms with E-state index in [1.165, 1.54) is 32.1 Å². The summed E-state index contributed by atoms with van der Waals surface area (Å²) in [5.41, 5.74) is 1.13. The fraction of sp³-hybridized carbons (Fsp3) is 0.733. The molecule has 0 aliphatic heterocycles. The van der Waals surface area contributed by atoms with Crippen molar-refractivity contribution in [3.8, 4) is 0 Å². The van der Waals surface area contributed by atoms with E-state index in [-0.39, 0.29) is 0 Å². The molecule has 100 valence electrons. The van der Waals surface area contributed by atoms with Gasteiger partial charge in [-0.15, -0.1) is 0 Å². The highest BCUT2D eigenvalue weighted by molar-refractivity contribution is 5.06. The van der Waals surface area contributed by atoms with Crippen LogP contribution in [0.5, 0.6) is 0 Å². The Morgan fingerprint density at radius 1 is 1.33 bits per heavy atom. The number of aromatic nitrogens is 2. The summed E-state index contributed by atoms with van der Waals surface area (Å²) in [6, 6.07) is 2.02. The van der Waals surface area contributed by atoms with Gasteiger partial charge >= 0.3 is 0 Å². The lowest BCUT2D eigenvalue weighted by molar-refractivity contribution is 0.306. The Bertz CT molecular complexity index is 365. The molecule has 1 aliphatic carbocycles.